The lowest BCUT2D eigenvalue weighted by Crippen LogP contribution is -2.46. The molecule has 0 aromatic carbocycles. The first kappa shape index (κ1) is 14.5. The molecule has 1 saturated heterocycles. The first-order valence-electron chi connectivity index (χ1n) is 5.64. The van der Waals surface area contributed by atoms with Crippen molar-refractivity contribution in [1.82, 2.24) is 4.90 Å². The molecule has 16 heavy (non-hydrogen) atoms. The maximum atomic E-state index is 11.8. The number of likely N-dealkylation sites (tertiary alicyclic amines) is 1. The molecule has 1 atom stereocenters. The topological polar surface area (TPSA) is 29.5 Å². The number of nitrogens with zero attached hydrogens (tertiary/aromatic N) is 1. The fraction of sp³-hybridized carbons (Fsp3) is 0.909. The Morgan fingerprint density at radius 2 is 2.06 bits per heavy atom. The van der Waals surface area contributed by atoms with Crippen molar-refractivity contribution in [3.05, 3.63) is 0 Å². The normalized spacial score (nSPS) is 22.8. The van der Waals surface area contributed by atoms with E-state index in [0.29, 0.717) is 5.33 Å². The van der Waals surface area contributed by atoms with Gasteiger partial charge in [-0.25, -0.2) is 0 Å². The molecule has 94 valence electrons. The summed E-state index contributed by atoms with van der Waals surface area (Å²) < 4.78 is 5.69. The second-order valence-corrected chi connectivity index (χ2v) is 6.14. The molecule has 0 aromatic rings. The van der Waals surface area contributed by atoms with Gasteiger partial charge in [-0.15, -0.1) is 0 Å². The average molecular weight is 357 g/mol. The van der Waals surface area contributed by atoms with Crippen LogP contribution in [-0.4, -0.2) is 46.8 Å². The minimum Gasteiger partial charge on any atom is -0.458 e. The Morgan fingerprint density at radius 1 is 1.50 bits per heavy atom. The van der Waals surface area contributed by atoms with Gasteiger partial charge in [-0.1, -0.05) is 38.8 Å². The largest absolute Gasteiger partial charge is 0.458 e. The summed E-state index contributed by atoms with van der Waals surface area (Å²) in [6.07, 6.45) is 2.77. The zero-order valence-corrected chi connectivity index (χ0v) is 13.0. The third-order valence-electron chi connectivity index (χ3n) is 3.25. The molecule has 0 radical (unpaired) electrons. The van der Waals surface area contributed by atoms with Crippen LogP contribution in [-0.2, 0) is 9.53 Å². The molecule has 1 heterocycles. The van der Waals surface area contributed by atoms with E-state index in [4.69, 9.17) is 4.74 Å². The minimum absolute atomic E-state index is 0.150. The molecule has 5 heteroatoms. The van der Waals surface area contributed by atoms with Crippen LogP contribution in [0.1, 0.15) is 26.2 Å². The van der Waals surface area contributed by atoms with Crippen molar-refractivity contribution in [2.75, 3.05) is 25.5 Å². The molecule has 1 rings (SSSR count). The highest BCUT2D eigenvalue weighted by Gasteiger charge is 2.36. The SMILES string of the molecule is CCC1(OC(=O)C(Br)CBr)CCN(C)CC1. The lowest BCUT2D eigenvalue weighted by molar-refractivity contribution is -0.163. The predicted molar refractivity (Wildman–Crippen MR) is 72.4 cm³/mol. The van der Waals surface area contributed by atoms with E-state index in [9.17, 15) is 4.79 Å². The smallest absolute Gasteiger partial charge is 0.321 e. The molecule has 0 spiro atoms. The van der Waals surface area contributed by atoms with Crippen LogP contribution in [0.3, 0.4) is 0 Å². The molecule has 0 aliphatic carbocycles. The van der Waals surface area contributed by atoms with Gasteiger partial charge in [0, 0.05) is 18.4 Å². The zero-order valence-electron chi connectivity index (χ0n) is 9.84. The van der Waals surface area contributed by atoms with Gasteiger partial charge in [-0.3, -0.25) is 4.79 Å². The number of piperidine rings is 1. The van der Waals surface area contributed by atoms with Crippen LogP contribution in [0.15, 0.2) is 0 Å². The summed E-state index contributed by atoms with van der Waals surface area (Å²) in [6, 6.07) is 0. The number of esters is 1. The Morgan fingerprint density at radius 3 is 2.50 bits per heavy atom. The number of ether oxygens (including phenoxy) is 1. The second-order valence-electron chi connectivity index (χ2n) is 4.38. The van der Waals surface area contributed by atoms with Gasteiger partial charge in [0.1, 0.15) is 10.4 Å². The number of carbonyl (C=O) groups excluding carboxylic acids is 1. The van der Waals surface area contributed by atoms with Gasteiger partial charge in [0.15, 0.2) is 0 Å². The third-order valence-corrected chi connectivity index (χ3v) is 5.46. The Bertz CT molecular complexity index is 240. The molecule has 1 fully saturated rings. The van der Waals surface area contributed by atoms with E-state index in [1.54, 1.807) is 0 Å². The molecule has 1 aliphatic rings. The molecule has 1 aliphatic heterocycles. The third kappa shape index (κ3) is 3.70. The fourth-order valence-electron chi connectivity index (χ4n) is 1.89. The van der Waals surface area contributed by atoms with E-state index in [2.05, 4.69) is 50.7 Å². The standard InChI is InChI=1S/C11H19Br2NO2/c1-3-11(4-6-14(2)7-5-11)16-10(15)9(13)8-12/h9H,3-8H2,1-2H3. The van der Waals surface area contributed by atoms with E-state index in [1.165, 1.54) is 0 Å². The van der Waals surface area contributed by atoms with Crippen molar-refractivity contribution in [2.45, 2.75) is 36.6 Å². The van der Waals surface area contributed by atoms with Gasteiger partial charge in [0.25, 0.3) is 0 Å². The summed E-state index contributed by atoms with van der Waals surface area (Å²) in [5, 5.41) is 0.589. The van der Waals surface area contributed by atoms with Gasteiger partial charge < -0.3 is 9.64 Å². The van der Waals surface area contributed by atoms with Crippen LogP contribution < -0.4 is 0 Å². The zero-order chi connectivity index (χ0) is 12.2. The number of hydrogen-bond acceptors (Lipinski definition) is 3. The monoisotopic (exact) mass is 355 g/mol. The van der Waals surface area contributed by atoms with Crippen LogP contribution in [0, 0.1) is 0 Å². The van der Waals surface area contributed by atoms with Gasteiger partial charge in [-0.05, 0) is 26.3 Å². The van der Waals surface area contributed by atoms with Crippen molar-refractivity contribution >= 4 is 37.8 Å². The number of hydrogen-bond donors (Lipinski definition) is 0. The summed E-state index contributed by atoms with van der Waals surface area (Å²) in [6.45, 7) is 4.10. The molecule has 0 amide bonds. The molecule has 0 bridgehead atoms. The lowest BCUT2D eigenvalue weighted by atomic mass is 9.89. The molecule has 0 N–H and O–H groups in total. The number of carbonyl (C=O) groups is 1. The molecule has 1 unspecified atom stereocenters. The predicted octanol–water partition coefficient (Wildman–Crippen LogP) is 2.56. The highest BCUT2D eigenvalue weighted by Crippen LogP contribution is 2.30. The lowest BCUT2D eigenvalue weighted by Gasteiger charge is -2.39. The minimum atomic E-state index is -0.240. The summed E-state index contributed by atoms with van der Waals surface area (Å²) in [7, 11) is 2.10. The van der Waals surface area contributed by atoms with Gasteiger partial charge >= 0.3 is 5.97 Å². The van der Waals surface area contributed by atoms with Gasteiger partial charge in [-0.2, -0.15) is 0 Å². The first-order valence-corrected chi connectivity index (χ1v) is 7.68. The summed E-state index contributed by atoms with van der Waals surface area (Å²) in [5.74, 6) is -0.150. The van der Waals surface area contributed by atoms with Crippen molar-refractivity contribution in [3.8, 4) is 0 Å². The van der Waals surface area contributed by atoms with Gasteiger partial charge in [0.05, 0.1) is 0 Å². The number of rotatable bonds is 4. The highest BCUT2D eigenvalue weighted by atomic mass is 79.9. The molecule has 0 saturated carbocycles. The molecular formula is C11H19Br2NO2. The van der Waals surface area contributed by atoms with Gasteiger partial charge in [0.2, 0.25) is 0 Å². The van der Waals surface area contributed by atoms with Crippen LogP contribution in [0.4, 0.5) is 0 Å². The Hall–Kier alpha value is 0.390. The van der Waals surface area contributed by atoms with E-state index in [1.807, 2.05) is 0 Å². The summed E-state index contributed by atoms with van der Waals surface area (Å²) in [4.78, 5) is 13.8. The maximum absolute atomic E-state index is 11.8. The van der Waals surface area contributed by atoms with Crippen LogP contribution in [0.25, 0.3) is 0 Å². The summed E-state index contributed by atoms with van der Waals surface area (Å²) >= 11 is 6.58. The van der Waals surface area contributed by atoms with E-state index >= 15 is 0 Å². The molecular weight excluding hydrogens is 338 g/mol. The van der Waals surface area contributed by atoms with Crippen molar-refractivity contribution in [3.63, 3.8) is 0 Å². The van der Waals surface area contributed by atoms with E-state index in [-0.39, 0.29) is 16.4 Å². The van der Waals surface area contributed by atoms with Crippen LogP contribution in [0.2, 0.25) is 0 Å². The Balaban J connectivity index is 2.57. The average Bonchev–Trinajstić information content (AvgIpc) is 2.31. The number of alkyl halides is 2. The molecule has 0 aromatic heterocycles. The maximum Gasteiger partial charge on any atom is 0.321 e. The Labute approximate surface area is 114 Å². The second kappa shape index (κ2) is 6.36. The highest BCUT2D eigenvalue weighted by molar-refractivity contribution is 9.12. The van der Waals surface area contributed by atoms with Crippen molar-refractivity contribution in [2.24, 2.45) is 0 Å². The first-order chi connectivity index (χ1) is 7.53. The van der Waals surface area contributed by atoms with Crippen molar-refractivity contribution < 1.29 is 9.53 Å². The Kier molecular flexibility index (Phi) is 5.74. The van der Waals surface area contributed by atoms with Crippen LogP contribution in [0.5, 0.6) is 0 Å². The van der Waals surface area contributed by atoms with E-state index < -0.39 is 0 Å². The fourth-order valence-corrected chi connectivity index (χ4v) is 2.25. The van der Waals surface area contributed by atoms with E-state index in [0.717, 1.165) is 32.4 Å². The summed E-state index contributed by atoms with van der Waals surface area (Å²) in [5.41, 5.74) is -0.238. The molecule has 3 nitrogen and oxygen atoms in total. The quantitative estimate of drug-likeness (QED) is 0.572. The number of halogens is 2. The van der Waals surface area contributed by atoms with Crippen LogP contribution >= 0.6 is 31.9 Å². The van der Waals surface area contributed by atoms with Crippen molar-refractivity contribution in [1.29, 1.82) is 0 Å².